The Morgan fingerprint density at radius 2 is 2.19 bits per heavy atom. The average molecular weight is 309 g/mol. The predicted octanol–water partition coefficient (Wildman–Crippen LogP) is 4.09. The standard InChI is InChI=1S/C12H16BrClFN/c1-2-16(7-3-6-13)9-10-8-11(15)4-5-12(10)14/h4-5,8H,2-3,6-7,9H2,1H3. The first kappa shape index (κ1) is 13.9. The number of benzene rings is 1. The molecule has 0 aliphatic carbocycles. The maximum atomic E-state index is 13.1. The zero-order valence-corrected chi connectivity index (χ0v) is 11.7. The molecule has 0 heterocycles. The summed E-state index contributed by atoms with van der Waals surface area (Å²) < 4.78 is 13.1. The fourth-order valence-corrected chi connectivity index (χ4v) is 1.97. The molecule has 0 saturated heterocycles. The molecule has 0 fully saturated rings. The Hall–Kier alpha value is -0.120. The summed E-state index contributed by atoms with van der Waals surface area (Å²) in [5.41, 5.74) is 0.859. The van der Waals surface area contributed by atoms with Gasteiger partial charge in [-0.2, -0.15) is 0 Å². The zero-order valence-electron chi connectivity index (χ0n) is 9.35. The number of hydrogen-bond acceptors (Lipinski definition) is 1. The van der Waals surface area contributed by atoms with Crippen molar-refractivity contribution in [2.75, 3.05) is 18.4 Å². The van der Waals surface area contributed by atoms with Crippen LogP contribution >= 0.6 is 27.5 Å². The van der Waals surface area contributed by atoms with E-state index >= 15 is 0 Å². The summed E-state index contributed by atoms with van der Waals surface area (Å²) in [4.78, 5) is 2.25. The van der Waals surface area contributed by atoms with Gasteiger partial charge in [0.15, 0.2) is 0 Å². The van der Waals surface area contributed by atoms with E-state index in [1.165, 1.54) is 12.1 Å². The Balaban J connectivity index is 2.65. The monoisotopic (exact) mass is 307 g/mol. The molecule has 0 saturated carbocycles. The molecule has 4 heteroatoms. The first-order chi connectivity index (χ1) is 7.67. The summed E-state index contributed by atoms with van der Waals surface area (Å²) in [6.07, 6.45) is 1.08. The van der Waals surface area contributed by atoms with Crippen LogP contribution in [0.15, 0.2) is 18.2 Å². The van der Waals surface area contributed by atoms with E-state index in [1.807, 2.05) is 0 Å². The van der Waals surface area contributed by atoms with Crippen LogP contribution in [-0.4, -0.2) is 23.3 Å². The highest BCUT2D eigenvalue weighted by atomic mass is 79.9. The van der Waals surface area contributed by atoms with Gasteiger partial charge in [-0.25, -0.2) is 4.39 Å². The summed E-state index contributed by atoms with van der Waals surface area (Å²) >= 11 is 9.43. The largest absolute Gasteiger partial charge is 0.299 e. The Kier molecular flexibility index (Phi) is 6.32. The van der Waals surface area contributed by atoms with Crippen LogP contribution in [0.2, 0.25) is 5.02 Å². The second kappa shape index (κ2) is 7.25. The Morgan fingerprint density at radius 3 is 2.81 bits per heavy atom. The van der Waals surface area contributed by atoms with Gasteiger partial charge in [0.25, 0.3) is 0 Å². The molecule has 0 spiro atoms. The van der Waals surface area contributed by atoms with E-state index in [4.69, 9.17) is 11.6 Å². The quantitative estimate of drug-likeness (QED) is 0.716. The van der Waals surface area contributed by atoms with Crippen molar-refractivity contribution in [3.05, 3.63) is 34.6 Å². The molecule has 1 aromatic rings. The third-order valence-corrected chi connectivity index (χ3v) is 3.39. The smallest absolute Gasteiger partial charge is 0.123 e. The second-order valence-corrected chi connectivity index (χ2v) is 4.85. The molecule has 90 valence electrons. The Labute approximate surface area is 110 Å². The molecule has 1 nitrogen and oxygen atoms in total. The van der Waals surface area contributed by atoms with Gasteiger partial charge in [-0.1, -0.05) is 34.5 Å². The SMILES string of the molecule is CCN(CCCBr)Cc1cc(F)ccc1Cl. The Bertz CT molecular complexity index is 333. The minimum Gasteiger partial charge on any atom is -0.299 e. The normalized spacial score (nSPS) is 11.1. The highest BCUT2D eigenvalue weighted by Crippen LogP contribution is 2.19. The Morgan fingerprint density at radius 1 is 1.44 bits per heavy atom. The van der Waals surface area contributed by atoms with E-state index in [0.717, 1.165) is 30.4 Å². The molecule has 0 N–H and O–H groups in total. The first-order valence-electron chi connectivity index (χ1n) is 5.39. The summed E-state index contributed by atoms with van der Waals surface area (Å²) in [5, 5.41) is 1.62. The van der Waals surface area contributed by atoms with E-state index in [1.54, 1.807) is 6.07 Å². The summed E-state index contributed by atoms with van der Waals surface area (Å²) in [7, 11) is 0. The van der Waals surface area contributed by atoms with Crippen LogP contribution in [0.3, 0.4) is 0 Å². The fourth-order valence-electron chi connectivity index (χ4n) is 1.54. The minimum absolute atomic E-state index is 0.226. The van der Waals surface area contributed by atoms with Gasteiger partial charge in [0.2, 0.25) is 0 Å². The molecular weight excluding hydrogens is 292 g/mol. The second-order valence-electron chi connectivity index (χ2n) is 3.65. The molecule has 0 bridgehead atoms. The van der Waals surface area contributed by atoms with Crippen molar-refractivity contribution in [2.24, 2.45) is 0 Å². The number of nitrogens with zero attached hydrogens (tertiary/aromatic N) is 1. The molecule has 0 amide bonds. The van der Waals surface area contributed by atoms with Gasteiger partial charge in [-0.15, -0.1) is 0 Å². The van der Waals surface area contributed by atoms with Gasteiger partial charge in [0.05, 0.1) is 0 Å². The maximum Gasteiger partial charge on any atom is 0.123 e. The van der Waals surface area contributed by atoms with E-state index in [9.17, 15) is 4.39 Å². The average Bonchev–Trinajstić information content (AvgIpc) is 2.28. The lowest BCUT2D eigenvalue weighted by atomic mass is 10.2. The van der Waals surface area contributed by atoms with Crippen molar-refractivity contribution < 1.29 is 4.39 Å². The highest BCUT2D eigenvalue weighted by Gasteiger charge is 2.07. The number of rotatable bonds is 6. The first-order valence-corrected chi connectivity index (χ1v) is 6.89. The molecule has 0 atom stereocenters. The minimum atomic E-state index is -0.226. The predicted molar refractivity (Wildman–Crippen MR) is 70.8 cm³/mol. The molecule has 0 aromatic heterocycles. The third kappa shape index (κ3) is 4.40. The summed E-state index contributed by atoms with van der Waals surface area (Å²) in [6.45, 7) is 4.75. The van der Waals surface area contributed by atoms with Gasteiger partial charge in [-0.3, -0.25) is 4.90 Å². The molecule has 16 heavy (non-hydrogen) atoms. The molecule has 1 aromatic carbocycles. The van der Waals surface area contributed by atoms with Crippen LogP contribution < -0.4 is 0 Å². The van der Waals surface area contributed by atoms with E-state index < -0.39 is 0 Å². The lowest BCUT2D eigenvalue weighted by Gasteiger charge is -2.20. The topological polar surface area (TPSA) is 3.24 Å². The van der Waals surface area contributed by atoms with E-state index in [0.29, 0.717) is 11.6 Å². The molecular formula is C12H16BrClFN. The summed E-state index contributed by atoms with van der Waals surface area (Å²) in [5.74, 6) is -0.226. The van der Waals surface area contributed by atoms with Crippen molar-refractivity contribution in [3.63, 3.8) is 0 Å². The van der Waals surface area contributed by atoms with Crippen molar-refractivity contribution >= 4 is 27.5 Å². The highest BCUT2D eigenvalue weighted by molar-refractivity contribution is 9.09. The fraction of sp³-hybridized carbons (Fsp3) is 0.500. The van der Waals surface area contributed by atoms with Crippen molar-refractivity contribution in [1.82, 2.24) is 4.90 Å². The lowest BCUT2D eigenvalue weighted by molar-refractivity contribution is 0.281. The van der Waals surface area contributed by atoms with Crippen LogP contribution in [0.5, 0.6) is 0 Å². The third-order valence-electron chi connectivity index (χ3n) is 2.46. The number of halogens is 3. The van der Waals surface area contributed by atoms with Crippen LogP contribution in [0, 0.1) is 5.82 Å². The van der Waals surface area contributed by atoms with Crippen LogP contribution in [0.4, 0.5) is 4.39 Å². The number of hydrogen-bond donors (Lipinski definition) is 0. The zero-order chi connectivity index (χ0) is 12.0. The maximum absolute atomic E-state index is 13.1. The van der Waals surface area contributed by atoms with Gasteiger partial charge in [0.1, 0.15) is 5.82 Å². The van der Waals surface area contributed by atoms with Gasteiger partial charge in [-0.05, 0) is 43.3 Å². The molecule has 0 radical (unpaired) electrons. The van der Waals surface area contributed by atoms with Crippen molar-refractivity contribution in [1.29, 1.82) is 0 Å². The van der Waals surface area contributed by atoms with Gasteiger partial charge >= 0.3 is 0 Å². The van der Waals surface area contributed by atoms with E-state index in [2.05, 4.69) is 27.8 Å². The van der Waals surface area contributed by atoms with Gasteiger partial charge in [0, 0.05) is 16.9 Å². The van der Waals surface area contributed by atoms with Gasteiger partial charge < -0.3 is 0 Å². The lowest BCUT2D eigenvalue weighted by Crippen LogP contribution is -2.24. The van der Waals surface area contributed by atoms with Crippen LogP contribution in [-0.2, 0) is 6.54 Å². The van der Waals surface area contributed by atoms with Crippen LogP contribution in [0.1, 0.15) is 18.9 Å². The van der Waals surface area contributed by atoms with Crippen molar-refractivity contribution in [3.8, 4) is 0 Å². The molecule has 0 aliphatic rings. The summed E-state index contributed by atoms with van der Waals surface area (Å²) in [6, 6.07) is 4.52. The molecule has 0 aliphatic heterocycles. The van der Waals surface area contributed by atoms with Crippen LogP contribution in [0.25, 0.3) is 0 Å². The molecule has 1 rings (SSSR count). The van der Waals surface area contributed by atoms with Crippen molar-refractivity contribution in [2.45, 2.75) is 19.9 Å². The molecule has 0 unspecified atom stereocenters. The van der Waals surface area contributed by atoms with E-state index in [-0.39, 0.29) is 5.82 Å². The number of alkyl halides is 1.